The highest BCUT2D eigenvalue weighted by molar-refractivity contribution is 5.60. The third-order valence-corrected chi connectivity index (χ3v) is 6.38. The molecule has 0 N–H and O–H groups in total. The number of aryl methyl sites for hydroxylation is 2. The van der Waals surface area contributed by atoms with Gasteiger partial charge in [0.25, 0.3) is 0 Å². The monoisotopic (exact) mass is 457 g/mol. The fraction of sp³-hybridized carbons (Fsp3) is 0.400. The summed E-state index contributed by atoms with van der Waals surface area (Å²) < 4.78 is 50.2. The lowest BCUT2D eigenvalue weighted by molar-refractivity contribution is -0.274. The highest BCUT2D eigenvalue weighted by Gasteiger charge is 2.32. The quantitative estimate of drug-likeness (QED) is 0.540. The molecule has 33 heavy (non-hydrogen) atoms. The smallest absolute Gasteiger partial charge is 0.406 e. The van der Waals surface area contributed by atoms with E-state index in [1.165, 1.54) is 17.7 Å². The summed E-state index contributed by atoms with van der Waals surface area (Å²) in [5, 5.41) is 0. The molecule has 1 unspecified atom stereocenters. The molecule has 0 bridgehead atoms. The Bertz CT molecular complexity index is 1100. The minimum absolute atomic E-state index is 0.157. The van der Waals surface area contributed by atoms with Gasteiger partial charge in [-0.1, -0.05) is 24.3 Å². The molecule has 2 aromatic carbocycles. The normalized spacial score (nSPS) is 19.6. The van der Waals surface area contributed by atoms with Gasteiger partial charge in [-0.2, -0.15) is 0 Å². The number of likely N-dealkylation sites (tertiary alicyclic amines) is 1. The molecule has 0 spiro atoms. The van der Waals surface area contributed by atoms with Crippen molar-refractivity contribution >= 4 is 0 Å². The maximum absolute atomic E-state index is 12.5. The summed E-state index contributed by atoms with van der Waals surface area (Å²) in [5.41, 5.74) is 3.84. The van der Waals surface area contributed by atoms with Gasteiger partial charge in [-0.3, -0.25) is 0 Å². The van der Waals surface area contributed by atoms with E-state index in [1.54, 1.807) is 12.1 Å². The number of rotatable bonds is 4. The zero-order valence-corrected chi connectivity index (χ0v) is 18.4. The van der Waals surface area contributed by atoms with Gasteiger partial charge in [0.1, 0.15) is 17.7 Å². The molecule has 2 aliphatic heterocycles. The van der Waals surface area contributed by atoms with E-state index in [0.717, 1.165) is 55.8 Å². The van der Waals surface area contributed by atoms with Gasteiger partial charge in [-0.05, 0) is 61.7 Å². The lowest BCUT2D eigenvalue weighted by Crippen LogP contribution is -2.35. The lowest BCUT2D eigenvalue weighted by Gasteiger charge is -2.32. The van der Waals surface area contributed by atoms with Crippen LogP contribution >= 0.6 is 0 Å². The Morgan fingerprint density at radius 2 is 1.70 bits per heavy atom. The van der Waals surface area contributed by atoms with Gasteiger partial charge < -0.3 is 18.9 Å². The molecule has 5 nitrogen and oxygen atoms in total. The van der Waals surface area contributed by atoms with Gasteiger partial charge in [0, 0.05) is 31.4 Å². The Balaban J connectivity index is 1.46. The second-order valence-electron chi connectivity index (χ2n) is 8.72. The van der Waals surface area contributed by atoms with Gasteiger partial charge in [0.05, 0.1) is 11.8 Å². The van der Waals surface area contributed by atoms with E-state index in [1.807, 2.05) is 12.3 Å². The van der Waals surface area contributed by atoms with Crippen LogP contribution in [0.25, 0.3) is 11.3 Å². The van der Waals surface area contributed by atoms with Crippen LogP contribution in [0, 0.1) is 0 Å². The molecule has 1 saturated heterocycles. The summed E-state index contributed by atoms with van der Waals surface area (Å²) in [5.74, 6) is 0.592. The van der Waals surface area contributed by atoms with Crippen LogP contribution in [-0.4, -0.2) is 47.1 Å². The molecule has 0 aliphatic carbocycles. The van der Waals surface area contributed by atoms with E-state index in [2.05, 4.69) is 39.5 Å². The molecule has 0 saturated carbocycles. The molecule has 174 valence electrons. The molecule has 1 atom stereocenters. The molecule has 1 aromatic heterocycles. The summed E-state index contributed by atoms with van der Waals surface area (Å²) in [6.45, 7) is 2.78. The zero-order chi connectivity index (χ0) is 23.0. The summed E-state index contributed by atoms with van der Waals surface area (Å²) in [6.07, 6.45) is -0.0500. The largest absolute Gasteiger partial charge is 0.573 e. The van der Waals surface area contributed by atoms with E-state index < -0.39 is 6.36 Å². The van der Waals surface area contributed by atoms with Crippen LogP contribution in [-0.2, 0) is 17.7 Å². The molecular formula is C25H26F3N3O2. The summed E-state index contributed by atoms with van der Waals surface area (Å²) in [7, 11) is 2.13. The van der Waals surface area contributed by atoms with E-state index >= 15 is 0 Å². The molecular weight excluding hydrogens is 431 g/mol. The zero-order valence-electron chi connectivity index (χ0n) is 18.4. The van der Waals surface area contributed by atoms with Crippen molar-refractivity contribution in [2.75, 3.05) is 20.1 Å². The van der Waals surface area contributed by atoms with Crippen molar-refractivity contribution in [3.05, 3.63) is 71.7 Å². The predicted octanol–water partition coefficient (Wildman–Crippen LogP) is 5.21. The Morgan fingerprint density at radius 1 is 0.970 bits per heavy atom. The summed E-state index contributed by atoms with van der Waals surface area (Å²) in [4.78, 5) is 7.22. The second-order valence-corrected chi connectivity index (χ2v) is 8.72. The van der Waals surface area contributed by atoms with Crippen molar-refractivity contribution in [2.24, 2.45) is 0 Å². The van der Waals surface area contributed by atoms with Gasteiger partial charge in [-0.15, -0.1) is 13.2 Å². The molecule has 0 amide bonds. The summed E-state index contributed by atoms with van der Waals surface area (Å²) >= 11 is 0. The standard InChI is InChI=1S/C25H26F3N3O2/c1-30-13-11-19(12-14-30)32-23-21-5-3-2-4-17(21)10-15-31-16-22(29-24(23)31)18-6-8-20(9-7-18)33-25(26,27)28/h2-9,16,19,23H,10-15H2,1H3. The third kappa shape index (κ3) is 4.91. The van der Waals surface area contributed by atoms with Crippen molar-refractivity contribution in [1.29, 1.82) is 0 Å². The number of hydrogen-bond acceptors (Lipinski definition) is 4. The number of imidazole rings is 1. The van der Waals surface area contributed by atoms with Crippen LogP contribution in [0.15, 0.2) is 54.7 Å². The minimum Gasteiger partial charge on any atom is -0.406 e. The first kappa shape index (κ1) is 22.0. The van der Waals surface area contributed by atoms with Crippen LogP contribution in [0.3, 0.4) is 0 Å². The number of fused-ring (bicyclic) bond motifs is 2. The maximum atomic E-state index is 12.5. The first-order chi connectivity index (χ1) is 15.9. The van der Waals surface area contributed by atoms with Crippen LogP contribution < -0.4 is 4.74 Å². The Morgan fingerprint density at radius 3 is 2.42 bits per heavy atom. The number of hydrogen-bond donors (Lipinski definition) is 0. The van der Waals surface area contributed by atoms with Crippen molar-refractivity contribution < 1.29 is 22.6 Å². The van der Waals surface area contributed by atoms with Crippen molar-refractivity contribution in [3.63, 3.8) is 0 Å². The summed E-state index contributed by atoms with van der Waals surface area (Å²) in [6, 6.07) is 14.2. The van der Waals surface area contributed by atoms with E-state index in [-0.39, 0.29) is 18.0 Å². The minimum atomic E-state index is -4.71. The fourth-order valence-corrected chi connectivity index (χ4v) is 4.63. The average Bonchev–Trinajstić information content (AvgIpc) is 3.15. The third-order valence-electron chi connectivity index (χ3n) is 6.38. The van der Waals surface area contributed by atoms with Crippen LogP contribution in [0.1, 0.15) is 35.9 Å². The number of alkyl halides is 3. The van der Waals surface area contributed by atoms with Crippen LogP contribution in [0.4, 0.5) is 13.2 Å². The predicted molar refractivity (Wildman–Crippen MR) is 118 cm³/mol. The van der Waals surface area contributed by atoms with E-state index in [9.17, 15) is 13.2 Å². The van der Waals surface area contributed by atoms with Crippen molar-refractivity contribution in [2.45, 2.75) is 44.4 Å². The van der Waals surface area contributed by atoms with Gasteiger partial charge in [-0.25, -0.2) is 4.98 Å². The number of piperidine rings is 1. The lowest BCUT2D eigenvalue weighted by atomic mass is 10.00. The average molecular weight is 457 g/mol. The highest BCUT2D eigenvalue weighted by Crippen LogP contribution is 2.36. The Hall–Kier alpha value is -2.84. The van der Waals surface area contributed by atoms with Crippen molar-refractivity contribution in [1.82, 2.24) is 14.5 Å². The van der Waals surface area contributed by atoms with Crippen molar-refractivity contribution in [3.8, 4) is 17.0 Å². The number of ether oxygens (including phenoxy) is 2. The molecule has 5 rings (SSSR count). The number of benzene rings is 2. The molecule has 0 radical (unpaired) electrons. The first-order valence-electron chi connectivity index (χ1n) is 11.2. The number of halogens is 3. The Labute approximate surface area is 190 Å². The Kier molecular flexibility index (Phi) is 5.88. The first-order valence-corrected chi connectivity index (χ1v) is 11.2. The molecule has 3 aromatic rings. The number of nitrogens with zero attached hydrogens (tertiary/aromatic N) is 3. The number of aromatic nitrogens is 2. The van der Waals surface area contributed by atoms with Crippen LogP contribution in [0.5, 0.6) is 5.75 Å². The molecule has 3 heterocycles. The second kappa shape index (κ2) is 8.83. The van der Waals surface area contributed by atoms with Gasteiger partial charge >= 0.3 is 6.36 Å². The SMILES string of the molecule is CN1CCC(OC2c3ccccc3CCn3cc(-c4ccc(OC(F)(F)F)cc4)nc32)CC1. The van der Waals surface area contributed by atoms with Gasteiger partial charge in [0.2, 0.25) is 0 Å². The fourth-order valence-electron chi connectivity index (χ4n) is 4.63. The molecule has 1 fully saturated rings. The van der Waals surface area contributed by atoms with E-state index in [0.29, 0.717) is 5.69 Å². The highest BCUT2D eigenvalue weighted by atomic mass is 19.4. The van der Waals surface area contributed by atoms with E-state index in [4.69, 9.17) is 9.72 Å². The van der Waals surface area contributed by atoms with Gasteiger partial charge in [0.15, 0.2) is 0 Å². The topological polar surface area (TPSA) is 39.5 Å². The maximum Gasteiger partial charge on any atom is 0.573 e. The van der Waals surface area contributed by atoms with Crippen LogP contribution in [0.2, 0.25) is 0 Å². The molecule has 2 aliphatic rings. The molecule has 8 heteroatoms.